The van der Waals surface area contributed by atoms with Crippen LogP contribution in [0, 0.1) is 6.92 Å². The molecule has 82 valence electrons. The van der Waals surface area contributed by atoms with Gasteiger partial charge in [-0.05, 0) is 26.0 Å². The molecule has 4 heteroatoms. The average molecular weight is 224 g/mol. The van der Waals surface area contributed by atoms with Crippen molar-refractivity contribution in [3.05, 3.63) is 21.9 Å². The van der Waals surface area contributed by atoms with E-state index in [0.29, 0.717) is 6.04 Å². The van der Waals surface area contributed by atoms with Crippen LogP contribution in [0.25, 0.3) is 0 Å². The molecule has 1 aliphatic heterocycles. The molecule has 1 atom stereocenters. The molecular formula is C11H16N2OS. The summed E-state index contributed by atoms with van der Waals surface area (Å²) < 4.78 is 0. The molecule has 0 unspecified atom stereocenters. The van der Waals surface area contributed by atoms with Gasteiger partial charge in [-0.2, -0.15) is 0 Å². The lowest BCUT2D eigenvalue weighted by Crippen LogP contribution is -2.52. The van der Waals surface area contributed by atoms with Gasteiger partial charge >= 0.3 is 0 Å². The van der Waals surface area contributed by atoms with E-state index >= 15 is 0 Å². The molecule has 1 aliphatic rings. The van der Waals surface area contributed by atoms with Gasteiger partial charge in [0.25, 0.3) is 5.91 Å². The van der Waals surface area contributed by atoms with Crippen LogP contribution in [-0.4, -0.2) is 36.5 Å². The number of nitrogens with one attached hydrogen (secondary N) is 1. The molecule has 3 nitrogen and oxygen atoms in total. The Balaban J connectivity index is 2.13. The molecule has 0 aliphatic carbocycles. The molecule has 1 amide bonds. The van der Waals surface area contributed by atoms with Crippen LogP contribution in [0.1, 0.15) is 21.5 Å². The summed E-state index contributed by atoms with van der Waals surface area (Å²) in [4.78, 5) is 16.1. The third kappa shape index (κ3) is 2.21. The highest BCUT2D eigenvalue weighted by atomic mass is 32.1. The maximum atomic E-state index is 12.1. The molecule has 0 bridgehead atoms. The van der Waals surface area contributed by atoms with Gasteiger partial charge in [-0.3, -0.25) is 4.79 Å². The van der Waals surface area contributed by atoms with E-state index in [0.717, 1.165) is 24.5 Å². The third-order valence-electron chi connectivity index (χ3n) is 2.71. The minimum atomic E-state index is 0.183. The zero-order chi connectivity index (χ0) is 10.8. The summed E-state index contributed by atoms with van der Waals surface area (Å²) in [5, 5.41) is 3.29. The van der Waals surface area contributed by atoms with Gasteiger partial charge < -0.3 is 10.2 Å². The number of nitrogens with zero attached hydrogens (tertiary/aromatic N) is 1. The standard InChI is InChI=1S/C11H16N2OS/c1-8-7-12-5-6-13(8)11(14)10-4-3-9(2)15-10/h3-4,8,12H,5-7H2,1-2H3/t8-/m1/s1. The molecule has 2 rings (SSSR count). The number of amides is 1. The molecule has 0 saturated carbocycles. The minimum Gasteiger partial charge on any atom is -0.333 e. The van der Waals surface area contributed by atoms with Crippen LogP contribution in [0.2, 0.25) is 0 Å². The molecule has 1 aromatic heterocycles. The van der Waals surface area contributed by atoms with E-state index in [2.05, 4.69) is 12.2 Å². The Kier molecular flexibility index (Phi) is 3.07. The van der Waals surface area contributed by atoms with Gasteiger partial charge in [-0.15, -0.1) is 11.3 Å². The fourth-order valence-corrected chi connectivity index (χ4v) is 2.66. The smallest absolute Gasteiger partial charge is 0.264 e. The average Bonchev–Trinajstić information content (AvgIpc) is 2.65. The Morgan fingerprint density at radius 3 is 3.00 bits per heavy atom. The van der Waals surface area contributed by atoms with Gasteiger partial charge in [0, 0.05) is 30.6 Å². The van der Waals surface area contributed by atoms with Gasteiger partial charge in [-0.1, -0.05) is 0 Å². The molecule has 0 radical (unpaired) electrons. The molecule has 0 spiro atoms. The summed E-state index contributed by atoms with van der Waals surface area (Å²) in [7, 11) is 0. The van der Waals surface area contributed by atoms with Crippen molar-refractivity contribution in [3.8, 4) is 0 Å². The van der Waals surface area contributed by atoms with E-state index in [9.17, 15) is 4.79 Å². The van der Waals surface area contributed by atoms with Gasteiger partial charge in [0.15, 0.2) is 0 Å². The lowest BCUT2D eigenvalue weighted by molar-refractivity contribution is 0.0661. The Morgan fingerprint density at radius 1 is 1.60 bits per heavy atom. The summed E-state index contributed by atoms with van der Waals surface area (Å²) in [5.41, 5.74) is 0. The Morgan fingerprint density at radius 2 is 2.40 bits per heavy atom. The normalized spacial score (nSPS) is 21.7. The van der Waals surface area contributed by atoms with E-state index < -0.39 is 0 Å². The predicted molar refractivity (Wildman–Crippen MR) is 62.4 cm³/mol. The molecule has 0 aromatic carbocycles. The first-order valence-electron chi connectivity index (χ1n) is 5.26. The van der Waals surface area contributed by atoms with E-state index in [1.807, 2.05) is 24.0 Å². The van der Waals surface area contributed by atoms with Crippen molar-refractivity contribution in [2.24, 2.45) is 0 Å². The first kappa shape index (κ1) is 10.6. The number of thiophene rings is 1. The van der Waals surface area contributed by atoms with E-state index in [-0.39, 0.29) is 5.91 Å². The molecule has 15 heavy (non-hydrogen) atoms. The summed E-state index contributed by atoms with van der Waals surface area (Å²) in [6.45, 7) is 6.74. The van der Waals surface area contributed by atoms with Gasteiger partial charge in [0.05, 0.1) is 4.88 Å². The maximum absolute atomic E-state index is 12.1. The van der Waals surface area contributed by atoms with Crippen molar-refractivity contribution in [1.82, 2.24) is 10.2 Å². The molecule has 2 heterocycles. The van der Waals surface area contributed by atoms with E-state index in [1.54, 1.807) is 11.3 Å². The minimum absolute atomic E-state index is 0.183. The van der Waals surface area contributed by atoms with Crippen molar-refractivity contribution in [2.75, 3.05) is 19.6 Å². The molecule has 1 N–H and O–H groups in total. The van der Waals surface area contributed by atoms with Crippen molar-refractivity contribution >= 4 is 17.2 Å². The summed E-state index contributed by atoms with van der Waals surface area (Å²) in [6.07, 6.45) is 0. The van der Waals surface area contributed by atoms with Gasteiger partial charge in [0.1, 0.15) is 0 Å². The fraction of sp³-hybridized carbons (Fsp3) is 0.545. The highest BCUT2D eigenvalue weighted by Crippen LogP contribution is 2.18. The van der Waals surface area contributed by atoms with Crippen LogP contribution in [-0.2, 0) is 0 Å². The second-order valence-electron chi connectivity index (χ2n) is 3.96. The lowest BCUT2D eigenvalue weighted by Gasteiger charge is -2.33. The van der Waals surface area contributed by atoms with Crippen molar-refractivity contribution in [3.63, 3.8) is 0 Å². The Hall–Kier alpha value is -0.870. The van der Waals surface area contributed by atoms with Crippen molar-refractivity contribution in [1.29, 1.82) is 0 Å². The highest BCUT2D eigenvalue weighted by molar-refractivity contribution is 7.13. The van der Waals surface area contributed by atoms with Crippen LogP contribution >= 0.6 is 11.3 Å². The number of carbonyl (C=O) groups excluding carboxylic acids is 1. The number of piperazine rings is 1. The van der Waals surface area contributed by atoms with Crippen LogP contribution in [0.3, 0.4) is 0 Å². The fourth-order valence-electron chi connectivity index (χ4n) is 1.83. The number of aryl methyl sites for hydroxylation is 1. The quantitative estimate of drug-likeness (QED) is 0.784. The second-order valence-corrected chi connectivity index (χ2v) is 5.25. The summed E-state index contributed by atoms with van der Waals surface area (Å²) in [6, 6.07) is 4.23. The van der Waals surface area contributed by atoms with Crippen LogP contribution in [0.5, 0.6) is 0 Å². The summed E-state index contributed by atoms with van der Waals surface area (Å²) in [5.74, 6) is 0.183. The zero-order valence-electron chi connectivity index (χ0n) is 9.12. The lowest BCUT2D eigenvalue weighted by atomic mass is 10.2. The molecule has 1 fully saturated rings. The predicted octanol–water partition coefficient (Wildman–Crippen LogP) is 1.49. The number of hydrogen-bond donors (Lipinski definition) is 1. The first-order chi connectivity index (χ1) is 7.18. The van der Waals surface area contributed by atoms with Gasteiger partial charge in [-0.25, -0.2) is 0 Å². The molecular weight excluding hydrogens is 208 g/mol. The van der Waals surface area contributed by atoms with Crippen molar-refractivity contribution < 1.29 is 4.79 Å². The molecule has 1 aromatic rings. The maximum Gasteiger partial charge on any atom is 0.264 e. The van der Waals surface area contributed by atoms with E-state index in [1.165, 1.54) is 4.88 Å². The number of carbonyl (C=O) groups is 1. The van der Waals surface area contributed by atoms with Crippen LogP contribution in [0.4, 0.5) is 0 Å². The highest BCUT2D eigenvalue weighted by Gasteiger charge is 2.24. The zero-order valence-corrected chi connectivity index (χ0v) is 9.93. The number of rotatable bonds is 1. The number of hydrogen-bond acceptors (Lipinski definition) is 3. The first-order valence-corrected chi connectivity index (χ1v) is 6.08. The largest absolute Gasteiger partial charge is 0.333 e. The topological polar surface area (TPSA) is 32.3 Å². The SMILES string of the molecule is Cc1ccc(C(=O)N2CCNC[C@H]2C)s1. The third-order valence-corrected chi connectivity index (χ3v) is 3.70. The second kappa shape index (κ2) is 4.33. The van der Waals surface area contributed by atoms with Crippen LogP contribution in [0.15, 0.2) is 12.1 Å². The molecule has 1 saturated heterocycles. The van der Waals surface area contributed by atoms with E-state index in [4.69, 9.17) is 0 Å². The van der Waals surface area contributed by atoms with Crippen molar-refractivity contribution in [2.45, 2.75) is 19.9 Å². The van der Waals surface area contributed by atoms with Gasteiger partial charge in [0.2, 0.25) is 0 Å². The van der Waals surface area contributed by atoms with Crippen LogP contribution < -0.4 is 5.32 Å². The summed E-state index contributed by atoms with van der Waals surface area (Å²) >= 11 is 1.58. The monoisotopic (exact) mass is 224 g/mol. The Bertz CT molecular complexity index is 361. The Labute approximate surface area is 94.1 Å².